The van der Waals surface area contributed by atoms with E-state index in [1.807, 2.05) is 0 Å². The van der Waals surface area contributed by atoms with Crippen LogP contribution in [0.3, 0.4) is 0 Å². The van der Waals surface area contributed by atoms with Crippen LogP contribution in [-0.2, 0) is 9.53 Å². The second-order valence-corrected chi connectivity index (χ2v) is 5.65. The van der Waals surface area contributed by atoms with E-state index in [1.54, 1.807) is 0 Å². The van der Waals surface area contributed by atoms with E-state index in [2.05, 4.69) is 17.6 Å². The number of aliphatic carboxylic acids is 1. The fourth-order valence-corrected chi connectivity index (χ4v) is 2.47. The average Bonchev–Trinajstić information content (AvgIpc) is 2.42. The Morgan fingerprint density at radius 3 is 2.50 bits per heavy atom. The summed E-state index contributed by atoms with van der Waals surface area (Å²) in [5, 5.41) is 14.2. The van der Waals surface area contributed by atoms with Crippen LogP contribution in [0.4, 0.5) is 4.79 Å². The molecule has 2 amide bonds. The summed E-state index contributed by atoms with van der Waals surface area (Å²) < 4.78 is 4.83. The van der Waals surface area contributed by atoms with Gasteiger partial charge in [0.05, 0.1) is 0 Å². The standard InChI is InChI=1S/C14H26N2O4/c1-10-3-5-11(6-4-10)9-15-14(19)16-12(13(17)18)7-8-20-2/h10-12H,3-9H2,1-2H3,(H,17,18)(H2,15,16,19). The van der Waals surface area contributed by atoms with E-state index in [9.17, 15) is 9.59 Å². The van der Waals surface area contributed by atoms with Crippen molar-refractivity contribution >= 4 is 12.0 Å². The number of rotatable bonds is 7. The third-order valence-corrected chi connectivity index (χ3v) is 3.90. The maximum absolute atomic E-state index is 11.7. The zero-order chi connectivity index (χ0) is 15.0. The van der Waals surface area contributed by atoms with Crippen LogP contribution >= 0.6 is 0 Å². The zero-order valence-corrected chi connectivity index (χ0v) is 12.4. The Morgan fingerprint density at radius 1 is 1.30 bits per heavy atom. The molecule has 116 valence electrons. The van der Waals surface area contributed by atoms with Crippen molar-refractivity contribution in [2.75, 3.05) is 20.3 Å². The van der Waals surface area contributed by atoms with Crippen LogP contribution in [0.1, 0.15) is 39.0 Å². The monoisotopic (exact) mass is 286 g/mol. The van der Waals surface area contributed by atoms with Gasteiger partial charge in [-0.2, -0.15) is 0 Å². The Balaban J connectivity index is 2.25. The normalized spacial score (nSPS) is 23.9. The smallest absolute Gasteiger partial charge is 0.326 e. The Labute approximate surface area is 120 Å². The van der Waals surface area contributed by atoms with Crippen LogP contribution in [0, 0.1) is 11.8 Å². The summed E-state index contributed by atoms with van der Waals surface area (Å²) in [5.74, 6) is 0.258. The van der Waals surface area contributed by atoms with Gasteiger partial charge in [0.15, 0.2) is 0 Å². The number of ether oxygens (including phenoxy) is 1. The minimum atomic E-state index is -1.04. The summed E-state index contributed by atoms with van der Waals surface area (Å²) in [6.07, 6.45) is 4.94. The lowest BCUT2D eigenvalue weighted by molar-refractivity contribution is -0.139. The van der Waals surface area contributed by atoms with Crippen molar-refractivity contribution in [2.24, 2.45) is 11.8 Å². The molecule has 0 bridgehead atoms. The fourth-order valence-electron chi connectivity index (χ4n) is 2.47. The quantitative estimate of drug-likeness (QED) is 0.663. The number of nitrogens with one attached hydrogen (secondary N) is 2. The van der Waals surface area contributed by atoms with Crippen molar-refractivity contribution in [3.63, 3.8) is 0 Å². The van der Waals surface area contributed by atoms with Crippen LogP contribution in [0.25, 0.3) is 0 Å². The summed E-state index contributed by atoms with van der Waals surface area (Å²) in [6, 6.07) is -1.31. The Morgan fingerprint density at radius 2 is 1.95 bits per heavy atom. The second kappa shape index (κ2) is 8.79. The highest BCUT2D eigenvalue weighted by molar-refractivity contribution is 5.82. The number of hydrogen-bond acceptors (Lipinski definition) is 3. The molecule has 1 saturated carbocycles. The number of carboxylic acid groups (broad SMARTS) is 1. The number of methoxy groups -OCH3 is 1. The largest absolute Gasteiger partial charge is 0.480 e. The van der Waals surface area contributed by atoms with Crippen molar-refractivity contribution < 1.29 is 19.4 Å². The predicted octanol–water partition coefficient (Wildman–Crippen LogP) is 1.60. The molecule has 0 saturated heterocycles. The van der Waals surface area contributed by atoms with Gasteiger partial charge in [0.25, 0.3) is 0 Å². The summed E-state index contributed by atoms with van der Waals surface area (Å²) in [6.45, 7) is 3.18. The lowest BCUT2D eigenvalue weighted by Gasteiger charge is -2.26. The van der Waals surface area contributed by atoms with Crippen molar-refractivity contribution in [2.45, 2.75) is 45.1 Å². The Kier molecular flexibility index (Phi) is 7.36. The molecule has 0 aromatic carbocycles. The van der Waals surface area contributed by atoms with E-state index in [-0.39, 0.29) is 6.42 Å². The number of carbonyl (C=O) groups is 2. The van der Waals surface area contributed by atoms with Gasteiger partial charge in [-0.05, 0) is 24.7 Å². The maximum Gasteiger partial charge on any atom is 0.326 e. The van der Waals surface area contributed by atoms with Gasteiger partial charge in [0.2, 0.25) is 0 Å². The van der Waals surface area contributed by atoms with Gasteiger partial charge in [-0.1, -0.05) is 19.8 Å². The first-order valence-electron chi connectivity index (χ1n) is 7.29. The maximum atomic E-state index is 11.7. The van der Waals surface area contributed by atoms with Gasteiger partial charge in [0.1, 0.15) is 6.04 Å². The molecule has 20 heavy (non-hydrogen) atoms. The van der Waals surface area contributed by atoms with Crippen LogP contribution in [-0.4, -0.2) is 43.4 Å². The molecule has 1 atom stereocenters. The second-order valence-electron chi connectivity index (χ2n) is 5.65. The van der Waals surface area contributed by atoms with Gasteiger partial charge < -0.3 is 20.5 Å². The first kappa shape index (κ1) is 16.8. The van der Waals surface area contributed by atoms with Gasteiger partial charge in [-0.15, -0.1) is 0 Å². The Hall–Kier alpha value is -1.30. The van der Waals surface area contributed by atoms with Gasteiger partial charge in [0, 0.05) is 26.7 Å². The van der Waals surface area contributed by atoms with E-state index >= 15 is 0 Å². The highest BCUT2D eigenvalue weighted by Crippen LogP contribution is 2.27. The van der Waals surface area contributed by atoms with E-state index in [0.29, 0.717) is 19.1 Å². The molecule has 1 fully saturated rings. The predicted molar refractivity (Wildman–Crippen MR) is 75.6 cm³/mol. The van der Waals surface area contributed by atoms with Crippen LogP contribution in [0.5, 0.6) is 0 Å². The third kappa shape index (κ3) is 6.23. The summed E-state index contributed by atoms with van der Waals surface area (Å²) >= 11 is 0. The van der Waals surface area contributed by atoms with Crippen LogP contribution in [0.15, 0.2) is 0 Å². The molecule has 6 heteroatoms. The minimum Gasteiger partial charge on any atom is -0.480 e. The lowest BCUT2D eigenvalue weighted by Crippen LogP contribution is -2.47. The van der Waals surface area contributed by atoms with Gasteiger partial charge in [-0.25, -0.2) is 9.59 Å². The molecule has 0 spiro atoms. The number of amides is 2. The molecule has 0 aliphatic heterocycles. The molecule has 0 aromatic heterocycles. The number of urea groups is 1. The zero-order valence-electron chi connectivity index (χ0n) is 12.4. The van der Waals surface area contributed by atoms with Crippen LogP contribution < -0.4 is 10.6 Å². The van der Waals surface area contributed by atoms with E-state index < -0.39 is 18.0 Å². The first-order chi connectivity index (χ1) is 9.52. The molecule has 3 N–H and O–H groups in total. The lowest BCUT2D eigenvalue weighted by atomic mass is 9.83. The molecule has 1 unspecified atom stereocenters. The highest BCUT2D eigenvalue weighted by Gasteiger charge is 2.21. The highest BCUT2D eigenvalue weighted by atomic mass is 16.5. The molecule has 1 rings (SSSR count). The number of carbonyl (C=O) groups excluding carboxylic acids is 1. The summed E-state index contributed by atoms with van der Waals surface area (Å²) in [5.41, 5.74) is 0. The molecule has 0 aromatic rings. The van der Waals surface area contributed by atoms with Crippen molar-refractivity contribution in [3.8, 4) is 0 Å². The summed E-state index contributed by atoms with van der Waals surface area (Å²) in [4.78, 5) is 22.7. The SMILES string of the molecule is COCCC(NC(=O)NCC1CCC(C)CC1)C(=O)O. The Bertz CT molecular complexity index is 314. The topological polar surface area (TPSA) is 87.7 Å². The van der Waals surface area contributed by atoms with E-state index in [0.717, 1.165) is 18.8 Å². The first-order valence-corrected chi connectivity index (χ1v) is 7.29. The molecule has 6 nitrogen and oxygen atoms in total. The fraction of sp³-hybridized carbons (Fsp3) is 0.857. The van der Waals surface area contributed by atoms with Crippen molar-refractivity contribution in [1.82, 2.24) is 10.6 Å². The molecular formula is C14H26N2O4. The molecule has 0 heterocycles. The number of carboxylic acids is 1. The molecular weight excluding hydrogens is 260 g/mol. The third-order valence-electron chi connectivity index (χ3n) is 3.90. The number of hydrogen-bond donors (Lipinski definition) is 3. The van der Waals surface area contributed by atoms with Gasteiger partial charge in [-0.3, -0.25) is 0 Å². The van der Waals surface area contributed by atoms with Gasteiger partial charge >= 0.3 is 12.0 Å². The van der Waals surface area contributed by atoms with E-state index in [4.69, 9.17) is 9.84 Å². The summed E-state index contributed by atoms with van der Waals surface area (Å²) in [7, 11) is 1.50. The van der Waals surface area contributed by atoms with Crippen molar-refractivity contribution in [1.29, 1.82) is 0 Å². The average molecular weight is 286 g/mol. The molecule has 1 aliphatic carbocycles. The van der Waals surface area contributed by atoms with E-state index in [1.165, 1.54) is 20.0 Å². The van der Waals surface area contributed by atoms with Crippen LogP contribution in [0.2, 0.25) is 0 Å². The van der Waals surface area contributed by atoms with Crippen molar-refractivity contribution in [3.05, 3.63) is 0 Å². The molecule has 0 radical (unpaired) electrons. The minimum absolute atomic E-state index is 0.264. The molecule has 1 aliphatic rings.